The number of alkyl halides is 12. The van der Waals surface area contributed by atoms with Crippen molar-refractivity contribution >= 4 is 101 Å². The van der Waals surface area contributed by atoms with Crippen molar-refractivity contribution in [3.63, 3.8) is 0 Å². The van der Waals surface area contributed by atoms with Crippen molar-refractivity contribution in [1.29, 1.82) is 0 Å². The molecule has 12 heterocycles. The van der Waals surface area contributed by atoms with Crippen LogP contribution in [0.2, 0.25) is 0 Å². The van der Waals surface area contributed by atoms with Crippen LogP contribution in [0.15, 0.2) is 156 Å². The standard InChI is InChI=1S/C106H102F12N6O20S2/c1-99(2,51-119(35-63-43-131-63)36-64-44-132-64)55-13-21-59(22-14-55)139-75-31-71-81-72(92(126)123(91(71)125)89(79-11-9-29-145-79)95(129)143-97(103(107,108)109)104(110,111)112)33-77(141-61-25-17-57(18-26-61)101(5,6)53-121(39-67-47-135-67)40-68-48-136-68)85-86-78(142-62-27-19-58(20-28-62)102(7,8)54-122(41-69-49-137-69)42-70-50-138-70)34-74-82-73(93(127)124(94(74)128)90(80-12-10-30-146-80)96(130)144-98(105(113,114)115)106(116,117)118)32-76(84(88(82)86)83(75)87(81)85)140-60-23-15-56(16-24-60)100(3,4)52-120(37-65-45-133-65)38-66-46-134-66/h9-34,63-70,89-90,97-98H,35-54H2,1-8H3. The summed E-state index contributed by atoms with van der Waals surface area (Å²) < 4.78 is 263. The number of carbonyl (C=O) groups excluding carboxylic acids is 6. The van der Waals surface area contributed by atoms with E-state index in [0.717, 1.165) is 58.7 Å². The third-order valence-corrected chi connectivity index (χ3v) is 29.9. The lowest BCUT2D eigenvalue weighted by atomic mass is 9.80. The summed E-state index contributed by atoms with van der Waals surface area (Å²) in [6, 6.07) is 30.8. The number of hydrogen-bond acceptors (Lipinski definition) is 26. The fourth-order valence-electron chi connectivity index (χ4n) is 20.4. The Balaban J connectivity index is 0.837. The normalized spacial score (nSPS) is 21.3. The number of thiophene rings is 2. The lowest BCUT2D eigenvalue weighted by Crippen LogP contribution is -2.50. The summed E-state index contributed by atoms with van der Waals surface area (Å²) in [4.78, 5) is 106. The Morgan fingerprint density at radius 1 is 0.315 bits per heavy atom. The predicted octanol–water partition coefficient (Wildman–Crippen LogP) is 19.3. The van der Waals surface area contributed by atoms with E-state index in [1.165, 1.54) is 22.9 Å². The molecule has 9 aromatic carbocycles. The fraction of sp³-hybridized carbons (Fsp3) is 0.453. The van der Waals surface area contributed by atoms with Gasteiger partial charge in [-0.1, -0.05) is 116 Å². The molecule has 21 rings (SSSR count). The minimum absolute atomic E-state index is 0.00666. The molecule has 10 aliphatic heterocycles. The zero-order chi connectivity index (χ0) is 103. The maximum Gasteiger partial charge on any atom is 0.434 e. The Morgan fingerprint density at radius 2 is 0.514 bits per heavy atom. The first-order valence-electron chi connectivity index (χ1n) is 48.0. The highest BCUT2D eigenvalue weighted by Crippen LogP contribution is 2.60. The molecule has 4 amide bonds. The van der Waals surface area contributed by atoms with Crippen LogP contribution in [0, 0.1) is 0 Å². The maximum atomic E-state index is 16.9. The third-order valence-electron chi connectivity index (χ3n) is 28.1. The molecular weight excluding hydrogens is 1970 g/mol. The predicted molar refractivity (Wildman–Crippen MR) is 509 cm³/mol. The number of ether oxygens (including phenoxy) is 14. The molecule has 772 valence electrons. The second-order valence-electron chi connectivity index (χ2n) is 41.7. The van der Waals surface area contributed by atoms with Crippen molar-refractivity contribution in [2.24, 2.45) is 0 Å². The molecule has 0 N–H and O–H groups in total. The molecule has 2 aromatic heterocycles. The van der Waals surface area contributed by atoms with E-state index in [2.05, 4.69) is 29.1 Å². The molecule has 0 spiro atoms. The van der Waals surface area contributed by atoms with Crippen LogP contribution in [0.5, 0.6) is 46.0 Å². The third kappa shape index (κ3) is 21.6. The first-order valence-corrected chi connectivity index (χ1v) is 49.8. The molecule has 11 aromatic rings. The van der Waals surface area contributed by atoms with Gasteiger partial charge in [-0.05, 0) is 118 Å². The monoisotopic (exact) mass is 2070 g/mol. The first kappa shape index (κ1) is 101. The highest BCUT2D eigenvalue weighted by Gasteiger charge is 2.63. The van der Waals surface area contributed by atoms with E-state index in [1.807, 2.05) is 55.4 Å². The smallest absolute Gasteiger partial charge is 0.434 e. The Kier molecular flexibility index (Phi) is 26.3. The molecule has 10 unspecified atom stereocenters. The van der Waals surface area contributed by atoms with Crippen molar-refractivity contribution in [2.75, 3.05) is 131 Å². The van der Waals surface area contributed by atoms with Crippen molar-refractivity contribution < 1.29 is 148 Å². The molecule has 0 saturated carbocycles. The summed E-state index contributed by atoms with van der Waals surface area (Å²) in [5.41, 5.74) is -2.02. The Hall–Kier alpha value is -11.2. The summed E-state index contributed by atoms with van der Waals surface area (Å²) in [7, 11) is 0. The number of benzene rings is 9. The number of epoxide rings is 8. The number of amides is 4. The Morgan fingerprint density at radius 3 is 0.685 bits per heavy atom. The van der Waals surface area contributed by atoms with E-state index in [4.69, 9.17) is 56.8 Å². The number of imide groups is 2. The van der Waals surface area contributed by atoms with Gasteiger partial charge in [0.1, 0.15) is 46.0 Å². The van der Waals surface area contributed by atoms with Crippen LogP contribution in [0.4, 0.5) is 52.7 Å². The van der Waals surface area contributed by atoms with Gasteiger partial charge in [0.2, 0.25) is 0 Å². The average Bonchev–Trinajstić information content (AvgIpc) is 0.903. The van der Waals surface area contributed by atoms with Crippen LogP contribution in [-0.4, -0.2) is 282 Å². The molecule has 8 fully saturated rings. The Labute approximate surface area is 837 Å². The van der Waals surface area contributed by atoms with E-state index in [-0.39, 0.29) is 125 Å². The largest absolute Gasteiger partial charge is 0.457 e. The highest BCUT2D eigenvalue weighted by molar-refractivity contribution is 7.10. The van der Waals surface area contributed by atoms with Gasteiger partial charge in [0.05, 0.1) is 124 Å². The van der Waals surface area contributed by atoms with Crippen LogP contribution in [0.3, 0.4) is 0 Å². The number of halogens is 12. The lowest BCUT2D eigenvalue weighted by molar-refractivity contribution is -0.314. The molecule has 10 atom stereocenters. The quantitative estimate of drug-likeness (QED) is 0.00856. The van der Waals surface area contributed by atoms with Crippen LogP contribution in [0.25, 0.3) is 43.1 Å². The van der Waals surface area contributed by atoms with Gasteiger partial charge >= 0.3 is 36.6 Å². The van der Waals surface area contributed by atoms with Crippen molar-refractivity contribution in [3.05, 3.63) is 211 Å². The van der Waals surface area contributed by atoms with Gasteiger partial charge in [0.15, 0.2) is 12.1 Å². The SMILES string of the molecule is CC(C)(CN(CC1CO1)CC1CO1)c1ccc(Oc2cc3c4c(cc(Oc5ccc(C(C)(C)CN(CC6CO6)CC6CO6)cc5)c5c6c(Oc7ccc(C(C)(C)CN(CC8CO8)CC8CO8)cc7)cc7c8c(cc(Oc9ccc(C(C)(C)CN(CC%10CO%10)CC%10CO%10)cc9)c(c2c45)c86)C(=O)N(C(C(=O)OC(C(F)(F)F)C(F)(F)F)c2cccs2)C7=O)C(=O)N(C(C(=O)OC(C(F)(F)F)C(F)(F)F)c2cccs2)C3=O)cc1. The number of carbonyl (C=O) groups is 6. The van der Waals surface area contributed by atoms with Crippen LogP contribution in [-0.2, 0) is 78.6 Å². The summed E-state index contributed by atoms with van der Waals surface area (Å²) in [5, 5.41) is 0.613. The molecule has 0 bridgehead atoms. The molecule has 0 aliphatic carbocycles. The summed E-state index contributed by atoms with van der Waals surface area (Å²) in [5.74, 6) is -12.5. The number of nitrogens with zero attached hydrogens (tertiary/aromatic N) is 6. The van der Waals surface area contributed by atoms with Gasteiger partial charge in [0, 0.05) is 153 Å². The van der Waals surface area contributed by atoms with Crippen LogP contribution in [0.1, 0.15) is 141 Å². The van der Waals surface area contributed by atoms with Gasteiger partial charge in [-0.3, -0.25) is 48.6 Å². The highest BCUT2D eigenvalue weighted by atomic mass is 32.1. The maximum absolute atomic E-state index is 16.9. The summed E-state index contributed by atoms with van der Waals surface area (Å²) in [6.45, 7) is 27.5. The average molecular weight is 2070 g/mol. The minimum atomic E-state index is -6.33. The van der Waals surface area contributed by atoms with Crippen LogP contribution < -0.4 is 18.9 Å². The summed E-state index contributed by atoms with van der Waals surface area (Å²) in [6.07, 6.45) is -35.0. The number of esters is 2. The van der Waals surface area contributed by atoms with Gasteiger partial charge in [-0.15, -0.1) is 22.7 Å². The van der Waals surface area contributed by atoms with Crippen molar-refractivity contribution in [2.45, 2.75) is 175 Å². The topological polar surface area (TPSA) is 277 Å². The van der Waals surface area contributed by atoms with E-state index >= 15 is 28.8 Å². The van der Waals surface area contributed by atoms with E-state index in [1.54, 1.807) is 97.1 Å². The lowest BCUT2D eigenvalue weighted by Gasteiger charge is -2.36. The van der Waals surface area contributed by atoms with Crippen molar-refractivity contribution in [1.82, 2.24) is 29.4 Å². The fourth-order valence-corrected chi connectivity index (χ4v) is 22.0. The van der Waals surface area contributed by atoms with E-state index < -0.39 is 161 Å². The molecule has 0 radical (unpaired) electrons. The second-order valence-corrected chi connectivity index (χ2v) is 43.7. The molecule has 26 nitrogen and oxygen atoms in total. The summed E-state index contributed by atoms with van der Waals surface area (Å²) >= 11 is 1.15. The minimum Gasteiger partial charge on any atom is -0.457 e. The van der Waals surface area contributed by atoms with Gasteiger partial charge < -0.3 is 66.3 Å². The zero-order valence-corrected chi connectivity index (χ0v) is 81.9. The van der Waals surface area contributed by atoms with Gasteiger partial charge in [-0.25, -0.2) is 9.59 Å². The molecule has 10 aliphatic rings. The van der Waals surface area contributed by atoms with E-state index in [9.17, 15) is 52.7 Å². The molecule has 146 heavy (non-hydrogen) atoms. The number of fused-ring (bicyclic) bond motifs is 2. The van der Waals surface area contributed by atoms with Gasteiger partial charge in [0.25, 0.3) is 35.8 Å². The van der Waals surface area contributed by atoms with Gasteiger partial charge in [-0.2, -0.15) is 52.7 Å². The van der Waals surface area contributed by atoms with Crippen LogP contribution >= 0.6 is 22.7 Å². The van der Waals surface area contributed by atoms with Crippen molar-refractivity contribution in [3.8, 4) is 46.0 Å². The molecule has 40 heteroatoms. The molecular formula is C106H102F12N6O20S2. The zero-order valence-electron chi connectivity index (χ0n) is 80.3. The number of rotatable bonds is 44. The molecule has 8 saturated heterocycles. The Bertz CT molecular complexity index is 6020. The first-order chi connectivity index (χ1) is 69.2. The number of hydrogen-bond donors (Lipinski definition) is 0. The van der Waals surface area contributed by atoms with E-state index in [0.29, 0.717) is 154 Å². The second kappa shape index (κ2) is 38.1.